The van der Waals surface area contributed by atoms with Gasteiger partial charge in [-0.15, -0.1) is 0 Å². The zero-order chi connectivity index (χ0) is 13.9. The molecule has 2 rings (SSSR count). The molecule has 1 aromatic heterocycles. The van der Waals surface area contributed by atoms with Crippen molar-refractivity contribution < 1.29 is 18.3 Å². The molecule has 0 aromatic carbocycles. The first-order valence-corrected chi connectivity index (χ1v) is 7.72. The summed E-state index contributed by atoms with van der Waals surface area (Å²) in [7, 11) is -1.88. The normalized spacial score (nSPS) is 23.3. The SMILES string of the molecule is COC1CC(NS(=O)(=O)c2cnn(CCCO)c2)C1. The van der Waals surface area contributed by atoms with Crippen LogP contribution < -0.4 is 4.72 Å². The highest BCUT2D eigenvalue weighted by molar-refractivity contribution is 7.89. The summed E-state index contributed by atoms with van der Waals surface area (Å²) in [5.41, 5.74) is 0. The van der Waals surface area contributed by atoms with Crippen molar-refractivity contribution >= 4 is 10.0 Å². The molecule has 1 aromatic rings. The first-order valence-electron chi connectivity index (χ1n) is 6.23. The Kier molecular flexibility index (Phi) is 4.56. The Labute approximate surface area is 112 Å². The number of rotatable bonds is 7. The maximum absolute atomic E-state index is 12.1. The summed E-state index contributed by atoms with van der Waals surface area (Å²) < 4.78 is 33.4. The van der Waals surface area contributed by atoms with Crippen LogP contribution in [0.1, 0.15) is 19.3 Å². The molecule has 7 nitrogen and oxygen atoms in total. The van der Waals surface area contributed by atoms with Crippen molar-refractivity contribution in [3.05, 3.63) is 12.4 Å². The first kappa shape index (κ1) is 14.4. The van der Waals surface area contributed by atoms with Crippen LogP contribution in [0.5, 0.6) is 0 Å². The van der Waals surface area contributed by atoms with Crippen molar-refractivity contribution in [3.63, 3.8) is 0 Å². The van der Waals surface area contributed by atoms with Crippen LogP contribution in [0.2, 0.25) is 0 Å². The van der Waals surface area contributed by atoms with Gasteiger partial charge in [-0.3, -0.25) is 4.68 Å². The molecule has 8 heteroatoms. The Balaban J connectivity index is 1.94. The summed E-state index contributed by atoms with van der Waals surface area (Å²) in [6, 6.07) is -0.0595. The van der Waals surface area contributed by atoms with Crippen molar-refractivity contribution in [2.24, 2.45) is 0 Å². The van der Waals surface area contributed by atoms with Gasteiger partial charge in [-0.25, -0.2) is 13.1 Å². The lowest BCUT2D eigenvalue weighted by atomic mass is 9.90. The van der Waals surface area contributed by atoms with E-state index in [0.717, 1.165) is 0 Å². The molecule has 0 unspecified atom stereocenters. The fourth-order valence-corrected chi connectivity index (χ4v) is 3.19. The Bertz CT molecular complexity index is 508. The molecule has 0 spiro atoms. The molecule has 1 fully saturated rings. The summed E-state index contributed by atoms with van der Waals surface area (Å²) in [6.07, 6.45) is 4.91. The number of aromatic nitrogens is 2. The van der Waals surface area contributed by atoms with Crippen molar-refractivity contribution in [2.75, 3.05) is 13.7 Å². The van der Waals surface area contributed by atoms with E-state index in [2.05, 4.69) is 9.82 Å². The third-order valence-corrected chi connectivity index (χ3v) is 4.69. The van der Waals surface area contributed by atoms with Gasteiger partial charge in [0.1, 0.15) is 4.90 Å². The maximum Gasteiger partial charge on any atom is 0.243 e. The first-order chi connectivity index (χ1) is 9.05. The van der Waals surface area contributed by atoms with Gasteiger partial charge in [-0.05, 0) is 19.3 Å². The second kappa shape index (κ2) is 6.00. The van der Waals surface area contributed by atoms with Crippen LogP contribution >= 0.6 is 0 Å². The largest absolute Gasteiger partial charge is 0.396 e. The van der Waals surface area contributed by atoms with E-state index in [4.69, 9.17) is 9.84 Å². The Morgan fingerprint density at radius 2 is 2.32 bits per heavy atom. The van der Waals surface area contributed by atoms with Crippen LogP contribution in [0, 0.1) is 0 Å². The predicted molar refractivity (Wildman–Crippen MR) is 68.1 cm³/mol. The second-order valence-corrected chi connectivity index (χ2v) is 6.38. The lowest BCUT2D eigenvalue weighted by Crippen LogP contribution is -2.47. The number of aliphatic hydroxyl groups excluding tert-OH is 1. The number of hydrogen-bond acceptors (Lipinski definition) is 5. The minimum Gasteiger partial charge on any atom is -0.396 e. The van der Waals surface area contributed by atoms with Gasteiger partial charge >= 0.3 is 0 Å². The van der Waals surface area contributed by atoms with E-state index in [1.807, 2.05) is 0 Å². The topological polar surface area (TPSA) is 93.5 Å². The van der Waals surface area contributed by atoms with Gasteiger partial charge < -0.3 is 9.84 Å². The summed E-state index contributed by atoms with van der Waals surface area (Å²) in [6.45, 7) is 0.557. The molecule has 1 saturated carbocycles. The molecule has 0 radical (unpaired) electrons. The molecule has 0 atom stereocenters. The molecular weight excluding hydrogens is 270 g/mol. The fraction of sp³-hybridized carbons (Fsp3) is 0.727. The van der Waals surface area contributed by atoms with Crippen molar-refractivity contribution in [1.29, 1.82) is 0 Å². The van der Waals surface area contributed by atoms with E-state index in [1.165, 1.54) is 17.1 Å². The maximum atomic E-state index is 12.1. The molecule has 1 aliphatic rings. The van der Waals surface area contributed by atoms with Gasteiger partial charge in [-0.1, -0.05) is 0 Å². The quantitative estimate of drug-likeness (QED) is 0.720. The third-order valence-electron chi connectivity index (χ3n) is 3.22. The number of hydrogen-bond donors (Lipinski definition) is 2. The van der Waals surface area contributed by atoms with E-state index in [0.29, 0.717) is 25.8 Å². The minimum absolute atomic E-state index is 0.0562. The van der Waals surface area contributed by atoms with Crippen LogP contribution in [-0.2, 0) is 21.3 Å². The van der Waals surface area contributed by atoms with Gasteiger partial charge in [0.15, 0.2) is 0 Å². The number of ether oxygens (including phenoxy) is 1. The van der Waals surface area contributed by atoms with E-state index >= 15 is 0 Å². The second-order valence-electron chi connectivity index (χ2n) is 4.66. The van der Waals surface area contributed by atoms with E-state index < -0.39 is 10.0 Å². The monoisotopic (exact) mass is 289 g/mol. The van der Waals surface area contributed by atoms with Crippen LogP contribution in [0.25, 0.3) is 0 Å². The lowest BCUT2D eigenvalue weighted by molar-refractivity contribution is 0.0236. The van der Waals surface area contributed by atoms with Gasteiger partial charge in [0, 0.05) is 32.5 Å². The molecule has 0 aliphatic heterocycles. The Morgan fingerprint density at radius 1 is 1.58 bits per heavy atom. The zero-order valence-corrected chi connectivity index (χ0v) is 11.6. The smallest absolute Gasteiger partial charge is 0.243 e. The van der Waals surface area contributed by atoms with E-state index in [9.17, 15) is 8.42 Å². The summed E-state index contributed by atoms with van der Waals surface area (Å²) in [5.74, 6) is 0. The summed E-state index contributed by atoms with van der Waals surface area (Å²) in [5, 5.41) is 12.7. The molecule has 1 aliphatic carbocycles. The van der Waals surface area contributed by atoms with Crippen LogP contribution in [0.15, 0.2) is 17.3 Å². The van der Waals surface area contributed by atoms with Crippen LogP contribution in [0.3, 0.4) is 0 Å². The third kappa shape index (κ3) is 3.53. The number of nitrogens with zero attached hydrogens (tertiary/aromatic N) is 2. The standard InChI is InChI=1S/C11H19N3O4S/c1-18-10-5-9(6-10)13-19(16,17)11-7-12-14(8-11)3-2-4-15/h7-10,13,15H,2-6H2,1H3. The summed E-state index contributed by atoms with van der Waals surface area (Å²) in [4.78, 5) is 0.159. The minimum atomic E-state index is -3.51. The van der Waals surface area contributed by atoms with Crippen molar-refractivity contribution in [2.45, 2.75) is 42.8 Å². The average Bonchev–Trinajstić information content (AvgIpc) is 2.80. The van der Waals surface area contributed by atoms with Gasteiger partial charge in [0.2, 0.25) is 10.0 Å². The summed E-state index contributed by atoms with van der Waals surface area (Å²) >= 11 is 0. The number of nitrogens with one attached hydrogen (secondary N) is 1. The molecule has 1 heterocycles. The molecule has 0 saturated heterocycles. The Hall–Kier alpha value is -0.960. The molecule has 0 amide bonds. The highest BCUT2D eigenvalue weighted by Gasteiger charge is 2.33. The van der Waals surface area contributed by atoms with Crippen molar-refractivity contribution in [1.82, 2.24) is 14.5 Å². The highest BCUT2D eigenvalue weighted by atomic mass is 32.2. The van der Waals surface area contributed by atoms with E-state index in [1.54, 1.807) is 7.11 Å². The molecular formula is C11H19N3O4S. The number of aliphatic hydroxyl groups is 1. The highest BCUT2D eigenvalue weighted by Crippen LogP contribution is 2.24. The number of aryl methyl sites for hydroxylation is 1. The molecule has 2 N–H and O–H groups in total. The predicted octanol–water partition coefficient (Wildman–Crippen LogP) is -0.279. The van der Waals surface area contributed by atoms with Crippen LogP contribution in [0.4, 0.5) is 0 Å². The molecule has 0 bridgehead atoms. The zero-order valence-electron chi connectivity index (χ0n) is 10.8. The number of methoxy groups -OCH3 is 1. The van der Waals surface area contributed by atoms with Gasteiger partial charge in [-0.2, -0.15) is 5.10 Å². The van der Waals surface area contributed by atoms with Crippen molar-refractivity contribution in [3.8, 4) is 0 Å². The molecule has 19 heavy (non-hydrogen) atoms. The van der Waals surface area contributed by atoms with Gasteiger partial charge in [0.05, 0.1) is 12.3 Å². The van der Waals surface area contributed by atoms with E-state index in [-0.39, 0.29) is 23.6 Å². The molecule has 108 valence electrons. The fourth-order valence-electron chi connectivity index (χ4n) is 1.98. The Morgan fingerprint density at radius 3 is 2.95 bits per heavy atom. The average molecular weight is 289 g/mol. The van der Waals surface area contributed by atoms with Crippen LogP contribution in [-0.4, -0.2) is 49.2 Å². The number of sulfonamides is 1. The lowest BCUT2D eigenvalue weighted by Gasteiger charge is -2.34. The van der Waals surface area contributed by atoms with Gasteiger partial charge in [0.25, 0.3) is 0 Å².